The molecule has 0 heterocycles. The molecule has 5 heteroatoms. The van der Waals surface area contributed by atoms with Crippen molar-refractivity contribution in [1.82, 2.24) is 0 Å². The molecule has 0 bridgehead atoms. The molecule has 0 aliphatic heterocycles. The van der Waals surface area contributed by atoms with Gasteiger partial charge in [0.2, 0.25) is 0 Å². The summed E-state index contributed by atoms with van der Waals surface area (Å²) in [7, 11) is 0. The predicted octanol–water partition coefficient (Wildman–Crippen LogP) is 6.20. The second-order valence-electron chi connectivity index (χ2n) is 4.94. The summed E-state index contributed by atoms with van der Waals surface area (Å²) in [4.78, 5) is 0. The molecule has 112 valence electrons. The summed E-state index contributed by atoms with van der Waals surface area (Å²) in [5.74, 6) is 0.125. The van der Waals surface area contributed by atoms with Crippen molar-refractivity contribution in [3.63, 3.8) is 0 Å². The van der Waals surface area contributed by atoms with Crippen LogP contribution in [0.3, 0.4) is 0 Å². The average Bonchev–Trinajstić information content (AvgIpc) is 2.48. The van der Waals surface area contributed by atoms with E-state index in [4.69, 9.17) is 34.8 Å². The molecule has 0 amide bonds. The van der Waals surface area contributed by atoms with E-state index in [1.807, 2.05) is 18.2 Å². The van der Waals surface area contributed by atoms with Crippen LogP contribution in [-0.4, -0.2) is 11.8 Å². The molecular weight excluding hydrogens is 397 g/mol. The van der Waals surface area contributed by atoms with E-state index in [-0.39, 0.29) is 17.6 Å². The summed E-state index contributed by atoms with van der Waals surface area (Å²) < 4.78 is 15.1. The van der Waals surface area contributed by atoms with Gasteiger partial charge in [-0.1, -0.05) is 51.8 Å². The van der Waals surface area contributed by atoms with Crippen molar-refractivity contribution in [3.05, 3.63) is 68.9 Å². The fraction of sp³-hybridized carbons (Fsp3) is 0.250. The van der Waals surface area contributed by atoms with E-state index < -0.39 is 5.41 Å². The largest absolute Gasteiger partial charge is 0.207 e. The molecule has 0 saturated heterocycles. The third-order valence-electron chi connectivity index (χ3n) is 3.50. The van der Waals surface area contributed by atoms with Crippen LogP contribution in [-0.2, 0) is 11.8 Å². The number of rotatable bonds is 5. The van der Waals surface area contributed by atoms with E-state index in [0.29, 0.717) is 17.0 Å². The maximum atomic E-state index is 14.2. The minimum Gasteiger partial charge on any atom is -0.207 e. The zero-order chi connectivity index (χ0) is 15.5. The van der Waals surface area contributed by atoms with Crippen LogP contribution in [0.25, 0.3) is 0 Å². The molecule has 0 N–H and O–H groups in total. The highest BCUT2D eigenvalue weighted by atomic mass is 79.9. The van der Waals surface area contributed by atoms with E-state index >= 15 is 0 Å². The first-order valence-electron chi connectivity index (χ1n) is 6.33. The summed E-state index contributed by atoms with van der Waals surface area (Å²) in [6.45, 7) is 0. The van der Waals surface area contributed by atoms with Gasteiger partial charge in [-0.15, -0.1) is 23.2 Å². The minimum absolute atomic E-state index is 0.212. The molecule has 0 aromatic heterocycles. The van der Waals surface area contributed by atoms with Gasteiger partial charge in [0, 0.05) is 26.7 Å². The van der Waals surface area contributed by atoms with Crippen molar-refractivity contribution in [1.29, 1.82) is 0 Å². The summed E-state index contributed by atoms with van der Waals surface area (Å²) in [6.07, 6.45) is 0.479. The van der Waals surface area contributed by atoms with Crippen molar-refractivity contribution in [2.24, 2.45) is 0 Å². The Bertz CT molecular complexity index is 627. The van der Waals surface area contributed by atoms with Crippen LogP contribution in [0.5, 0.6) is 0 Å². The van der Waals surface area contributed by atoms with E-state index in [1.54, 1.807) is 18.2 Å². The molecule has 0 saturated carbocycles. The van der Waals surface area contributed by atoms with Gasteiger partial charge in [0.1, 0.15) is 5.82 Å². The van der Waals surface area contributed by atoms with Gasteiger partial charge in [-0.25, -0.2) is 4.39 Å². The summed E-state index contributed by atoms with van der Waals surface area (Å²) in [6, 6.07) is 12.2. The number of halogens is 5. The van der Waals surface area contributed by atoms with E-state index in [0.717, 1.165) is 10.0 Å². The Morgan fingerprint density at radius 3 is 2.29 bits per heavy atom. The first-order valence-corrected chi connectivity index (χ1v) is 8.57. The Kier molecular flexibility index (Phi) is 5.96. The monoisotopic (exact) mass is 408 g/mol. The second kappa shape index (κ2) is 7.32. The molecule has 2 aromatic carbocycles. The standard InChI is InChI=1S/C16H13BrCl3F/c17-12-6-5-11(14(20)7-12)8-16(9-18,10-19)13-3-1-2-4-15(13)21/h1-7H,8-10H2. The third-order valence-corrected chi connectivity index (χ3v) is 5.37. The number of alkyl halides is 2. The van der Waals surface area contributed by atoms with Gasteiger partial charge in [-0.2, -0.15) is 0 Å². The summed E-state index contributed by atoms with van der Waals surface area (Å²) >= 11 is 22.0. The molecule has 0 spiro atoms. The molecule has 0 aliphatic rings. The van der Waals surface area contributed by atoms with Gasteiger partial charge < -0.3 is 0 Å². The summed E-state index contributed by atoms with van der Waals surface area (Å²) in [5.41, 5.74) is 0.727. The van der Waals surface area contributed by atoms with Crippen LogP contribution in [0.15, 0.2) is 46.9 Å². The van der Waals surface area contributed by atoms with Crippen molar-refractivity contribution >= 4 is 50.7 Å². The molecule has 0 unspecified atom stereocenters. The highest BCUT2D eigenvalue weighted by Crippen LogP contribution is 2.35. The molecule has 0 radical (unpaired) electrons. The molecular formula is C16H13BrCl3F. The Morgan fingerprint density at radius 2 is 1.71 bits per heavy atom. The lowest BCUT2D eigenvalue weighted by atomic mass is 9.78. The van der Waals surface area contributed by atoms with Gasteiger partial charge in [0.05, 0.1) is 0 Å². The first-order chi connectivity index (χ1) is 10.0. The predicted molar refractivity (Wildman–Crippen MR) is 92.4 cm³/mol. The zero-order valence-corrected chi connectivity index (χ0v) is 14.9. The molecule has 21 heavy (non-hydrogen) atoms. The molecule has 2 rings (SSSR count). The fourth-order valence-electron chi connectivity index (χ4n) is 2.29. The zero-order valence-electron chi connectivity index (χ0n) is 11.1. The third kappa shape index (κ3) is 3.73. The van der Waals surface area contributed by atoms with E-state index in [2.05, 4.69) is 15.9 Å². The van der Waals surface area contributed by atoms with Crippen LogP contribution in [0.2, 0.25) is 5.02 Å². The fourth-order valence-corrected chi connectivity index (χ4v) is 3.79. The normalized spacial score (nSPS) is 11.7. The molecule has 0 nitrogen and oxygen atoms in total. The number of benzene rings is 2. The first kappa shape index (κ1) is 17.1. The van der Waals surface area contributed by atoms with E-state index in [9.17, 15) is 4.39 Å². The topological polar surface area (TPSA) is 0 Å². The SMILES string of the molecule is Fc1ccccc1C(CCl)(CCl)Cc1ccc(Br)cc1Cl. The maximum absolute atomic E-state index is 14.2. The van der Waals surface area contributed by atoms with Gasteiger partial charge in [-0.05, 0) is 35.7 Å². The quantitative estimate of drug-likeness (QED) is 0.515. The van der Waals surface area contributed by atoms with Crippen LogP contribution in [0.4, 0.5) is 4.39 Å². The van der Waals surface area contributed by atoms with Gasteiger partial charge >= 0.3 is 0 Å². The van der Waals surface area contributed by atoms with Crippen LogP contribution >= 0.6 is 50.7 Å². The lowest BCUT2D eigenvalue weighted by Crippen LogP contribution is -2.34. The van der Waals surface area contributed by atoms with Gasteiger partial charge in [0.15, 0.2) is 0 Å². The Hall–Kier alpha value is -0.280. The van der Waals surface area contributed by atoms with Gasteiger partial charge in [-0.3, -0.25) is 0 Å². The smallest absolute Gasteiger partial charge is 0.127 e. The van der Waals surface area contributed by atoms with E-state index in [1.165, 1.54) is 6.07 Å². The summed E-state index contributed by atoms with van der Waals surface area (Å²) in [5, 5.41) is 0.611. The van der Waals surface area contributed by atoms with Crippen molar-refractivity contribution < 1.29 is 4.39 Å². The van der Waals surface area contributed by atoms with Gasteiger partial charge in [0.25, 0.3) is 0 Å². The van der Waals surface area contributed by atoms with Crippen molar-refractivity contribution in [2.75, 3.05) is 11.8 Å². The highest BCUT2D eigenvalue weighted by Gasteiger charge is 2.34. The van der Waals surface area contributed by atoms with Crippen molar-refractivity contribution in [2.45, 2.75) is 11.8 Å². The number of hydrogen-bond donors (Lipinski definition) is 0. The maximum Gasteiger partial charge on any atom is 0.127 e. The number of hydrogen-bond acceptors (Lipinski definition) is 0. The molecule has 0 aliphatic carbocycles. The molecule has 0 fully saturated rings. The van der Waals surface area contributed by atoms with Crippen LogP contribution < -0.4 is 0 Å². The highest BCUT2D eigenvalue weighted by molar-refractivity contribution is 9.10. The Labute approximate surface area is 147 Å². The van der Waals surface area contributed by atoms with Crippen molar-refractivity contribution in [3.8, 4) is 0 Å². The second-order valence-corrected chi connectivity index (χ2v) is 6.80. The minimum atomic E-state index is -0.689. The van der Waals surface area contributed by atoms with Crippen LogP contribution in [0.1, 0.15) is 11.1 Å². The van der Waals surface area contributed by atoms with Crippen LogP contribution in [0, 0.1) is 5.82 Å². The molecule has 2 aromatic rings. The lowest BCUT2D eigenvalue weighted by Gasteiger charge is -2.31. The Balaban J connectivity index is 2.46. The Morgan fingerprint density at radius 1 is 1.05 bits per heavy atom. The average molecular weight is 411 g/mol. The lowest BCUT2D eigenvalue weighted by molar-refractivity contribution is 0.491. The molecule has 0 atom stereocenters.